The number of aryl methyl sites for hydroxylation is 1. The van der Waals surface area contributed by atoms with Crippen LogP contribution in [-0.4, -0.2) is 54.1 Å². The van der Waals surface area contributed by atoms with Crippen molar-refractivity contribution in [2.24, 2.45) is 0 Å². The summed E-state index contributed by atoms with van der Waals surface area (Å²) in [6.07, 6.45) is 1.81. The number of anilines is 1. The SMILES string of the molecule is COc1cc(Cl)c(C)cc1NC(=O)N1CCN(Cc2ccccn2)CC1. The average molecular weight is 375 g/mol. The van der Waals surface area contributed by atoms with E-state index >= 15 is 0 Å². The van der Waals surface area contributed by atoms with Gasteiger partial charge in [0.25, 0.3) is 0 Å². The highest BCUT2D eigenvalue weighted by Crippen LogP contribution is 2.31. The second-order valence-corrected chi connectivity index (χ2v) is 6.72. The molecule has 2 heterocycles. The Morgan fingerprint density at radius 1 is 1.27 bits per heavy atom. The maximum Gasteiger partial charge on any atom is 0.322 e. The fourth-order valence-electron chi connectivity index (χ4n) is 2.95. The molecular weight excluding hydrogens is 352 g/mol. The number of carbonyl (C=O) groups excluding carboxylic acids is 1. The zero-order valence-electron chi connectivity index (χ0n) is 15.0. The Bertz CT molecular complexity index is 762. The monoisotopic (exact) mass is 374 g/mol. The highest BCUT2D eigenvalue weighted by atomic mass is 35.5. The molecule has 0 saturated carbocycles. The fraction of sp³-hybridized carbons (Fsp3) is 0.368. The molecule has 26 heavy (non-hydrogen) atoms. The van der Waals surface area contributed by atoms with Crippen molar-refractivity contribution in [1.82, 2.24) is 14.8 Å². The Kier molecular flexibility index (Phi) is 5.96. The molecule has 0 unspecified atom stereocenters. The van der Waals surface area contributed by atoms with Crippen LogP contribution >= 0.6 is 11.6 Å². The molecule has 3 rings (SSSR count). The summed E-state index contributed by atoms with van der Waals surface area (Å²) in [6.45, 7) is 5.69. The van der Waals surface area contributed by atoms with E-state index in [-0.39, 0.29) is 6.03 Å². The predicted molar refractivity (Wildman–Crippen MR) is 103 cm³/mol. The zero-order chi connectivity index (χ0) is 18.5. The van der Waals surface area contributed by atoms with Gasteiger partial charge in [-0.3, -0.25) is 9.88 Å². The molecule has 1 N–H and O–H groups in total. The van der Waals surface area contributed by atoms with Crippen molar-refractivity contribution in [2.75, 3.05) is 38.6 Å². The second-order valence-electron chi connectivity index (χ2n) is 6.32. The number of aromatic nitrogens is 1. The standard InChI is InChI=1S/C19H23ClN4O2/c1-14-11-17(18(26-2)12-16(14)20)22-19(25)24-9-7-23(8-10-24)13-15-5-3-4-6-21-15/h3-6,11-12H,7-10,13H2,1-2H3,(H,22,25). The van der Waals surface area contributed by atoms with Crippen LogP contribution in [0.3, 0.4) is 0 Å². The summed E-state index contributed by atoms with van der Waals surface area (Å²) in [5.74, 6) is 0.558. The minimum Gasteiger partial charge on any atom is -0.495 e. The zero-order valence-corrected chi connectivity index (χ0v) is 15.8. The maximum atomic E-state index is 12.6. The second kappa shape index (κ2) is 8.38. The molecule has 1 aromatic heterocycles. The van der Waals surface area contributed by atoms with E-state index in [1.54, 1.807) is 19.4 Å². The van der Waals surface area contributed by atoms with Crippen molar-refractivity contribution < 1.29 is 9.53 Å². The summed E-state index contributed by atoms with van der Waals surface area (Å²) in [4.78, 5) is 21.1. The number of hydrogen-bond acceptors (Lipinski definition) is 4. The van der Waals surface area contributed by atoms with Crippen LogP contribution in [0.4, 0.5) is 10.5 Å². The number of hydrogen-bond donors (Lipinski definition) is 1. The van der Waals surface area contributed by atoms with E-state index in [0.29, 0.717) is 29.5 Å². The topological polar surface area (TPSA) is 57.7 Å². The van der Waals surface area contributed by atoms with Crippen LogP contribution < -0.4 is 10.1 Å². The number of benzene rings is 1. The first kappa shape index (κ1) is 18.5. The van der Waals surface area contributed by atoms with E-state index in [9.17, 15) is 4.79 Å². The number of ether oxygens (including phenoxy) is 1. The third-order valence-corrected chi connectivity index (χ3v) is 4.90. The third-order valence-electron chi connectivity index (χ3n) is 4.49. The first-order valence-electron chi connectivity index (χ1n) is 8.59. The lowest BCUT2D eigenvalue weighted by Crippen LogP contribution is -2.49. The van der Waals surface area contributed by atoms with E-state index < -0.39 is 0 Å². The Morgan fingerprint density at radius 2 is 2.04 bits per heavy atom. The minimum absolute atomic E-state index is 0.123. The quantitative estimate of drug-likeness (QED) is 0.891. The van der Waals surface area contributed by atoms with Crippen molar-refractivity contribution in [3.8, 4) is 5.75 Å². The van der Waals surface area contributed by atoms with Crippen LogP contribution in [0.25, 0.3) is 0 Å². The van der Waals surface area contributed by atoms with Gasteiger partial charge in [-0.15, -0.1) is 0 Å². The number of methoxy groups -OCH3 is 1. The molecule has 7 heteroatoms. The maximum absolute atomic E-state index is 12.6. The number of rotatable bonds is 4. The Balaban J connectivity index is 1.56. The number of nitrogens with zero attached hydrogens (tertiary/aromatic N) is 3. The van der Waals surface area contributed by atoms with E-state index in [4.69, 9.17) is 16.3 Å². The molecule has 0 bridgehead atoms. The summed E-state index contributed by atoms with van der Waals surface area (Å²) in [5.41, 5.74) is 2.57. The summed E-state index contributed by atoms with van der Waals surface area (Å²) in [5, 5.41) is 3.55. The molecule has 6 nitrogen and oxygen atoms in total. The number of piperazine rings is 1. The van der Waals surface area contributed by atoms with Gasteiger partial charge in [-0.2, -0.15) is 0 Å². The number of carbonyl (C=O) groups is 1. The van der Waals surface area contributed by atoms with Gasteiger partial charge < -0.3 is 15.0 Å². The van der Waals surface area contributed by atoms with E-state index in [0.717, 1.165) is 30.9 Å². The van der Waals surface area contributed by atoms with Gasteiger partial charge in [0, 0.05) is 50.0 Å². The van der Waals surface area contributed by atoms with Crippen molar-refractivity contribution >= 4 is 23.3 Å². The van der Waals surface area contributed by atoms with Crippen LogP contribution in [0, 0.1) is 6.92 Å². The molecule has 1 aromatic carbocycles. The lowest BCUT2D eigenvalue weighted by Gasteiger charge is -2.34. The van der Waals surface area contributed by atoms with Crippen LogP contribution in [0.2, 0.25) is 5.02 Å². The van der Waals surface area contributed by atoms with Crippen molar-refractivity contribution in [1.29, 1.82) is 0 Å². The molecule has 1 aliphatic rings. The Labute approximate surface area is 158 Å². The lowest BCUT2D eigenvalue weighted by atomic mass is 10.2. The third kappa shape index (κ3) is 4.45. The van der Waals surface area contributed by atoms with Gasteiger partial charge in [0.05, 0.1) is 18.5 Å². The highest BCUT2D eigenvalue weighted by molar-refractivity contribution is 6.31. The normalized spacial score (nSPS) is 15.0. The largest absolute Gasteiger partial charge is 0.495 e. The minimum atomic E-state index is -0.123. The molecule has 2 aromatic rings. The van der Waals surface area contributed by atoms with Gasteiger partial charge in [-0.05, 0) is 30.7 Å². The van der Waals surface area contributed by atoms with Gasteiger partial charge in [-0.1, -0.05) is 17.7 Å². The highest BCUT2D eigenvalue weighted by Gasteiger charge is 2.22. The first-order chi connectivity index (χ1) is 12.6. The summed E-state index contributed by atoms with van der Waals surface area (Å²) < 4.78 is 5.32. The average Bonchev–Trinajstić information content (AvgIpc) is 2.66. The summed E-state index contributed by atoms with van der Waals surface area (Å²) in [7, 11) is 1.56. The molecule has 0 radical (unpaired) electrons. The lowest BCUT2D eigenvalue weighted by molar-refractivity contribution is 0.142. The number of urea groups is 1. The fourth-order valence-corrected chi connectivity index (χ4v) is 3.11. The van der Waals surface area contributed by atoms with Crippen molar-refractivity contribution in [3.63, 3.8) is 0 Å². The predicted octanol–water partition coefficient (Wildman–Crippen LogP) is 3.40. The smallest absolute Gasteiger partial charge is 0.322 e. The number of amides is 2. The molecule has 138 valence electrons. The molecule has 0 spiro atoms. The van der Waals surface area contributed by atoms with Crippen molar-refractivity contribution in [2.45, 2.75) is 13.5 Å². The molecule has 1 fully saturated rings. The first-order valence-corrected chi connectivity index (χ1v) is 8.97. The number of pyridine rings is 1. The summed E-state index contributed by atoms with van der Waals surface area (Å²) >= 11 is 6.12. The molecule has 1 saturated heterocycles. The molecule has 0 aliphatic carbocycles. The van der Waals surface area contributed by atoms with Crippen LogP contribution in [0.15, 0.2) is 36.5 Å². The van der Waals surface area contributed by atoms with Gasteiger partial charge in [-0.25, -0.2) is 4.79 Å². The van der Waals surface area contributed by atoms with E-state index in [1.807, 2.05) is 36.1 Å². The number of halogens is 1. The summed E-state index contributed by atoms with van der Waals surface area (Å²) in [6, 6.07) is 9.36. The van der Waals surface area contributed by atoms with Crippen LogP contribution in [0.1, 0.15) is 11.3 Å². The van der Waals surface area contributed by atoms with Crippen LogP contribution in [0.5, 0.6) is 5.75 Å². The number of nitrogens with one attached hydrogen (secondary N) is 1. The van der Waals surface area contributed by atoms with E-state index in [1.165, 1.54) is 0 Å². The van der Waals surface area contributed by atoms with Gasteiger partial charge in [0.1, 0.15) is 5.75 Å². The molecular formula is C19H23ClN4O2. The van der Waals surface area contributed by atoms with Gasteiger partial charge >= 0.3 is 6.03 Å². The Hall–Kier alpha value is -2.31. The molecule has 0 atom stereocenters. The van der Waals surface area contributed by atoms with E-state index in [2.05, 4.69) is 15.2 Å². The molecule has 1 aliphatic heterocycles. The Morgan fingerprint density at radius 3 is 2.69 bits per heavy atom. The van der Waals surface area contributed by atoms with Crippen LogP contribution in [-0.2, 0) is 6.54 Å². The molecule has 2 amide bonds. The van der Waals surface area contributed by atoms with Crippen molar-refractivity contribution in [3.05, 3.63) is 52.8 Å². The van der Waals surface area contributed by atoms with Gasteiger partial charge in [0.2, 0.25) is 0 Å². The van der Waals surface area contributed by atoms with Gasteiger partial charge in [0.15, 0.2) is 0 Å².